The fourth-order valence-electron chi connectivity index (χ4n) is 2.49. The summed E-state index contributed by atoms with van der Waals surface area (Å²) in [5, 5.41) is 3.36. The van der Waals surface area contributed by atoms with Crippen molar-refractivity contribution in [3.05, 3.63) is 12.5 Å². The van der Waals surface area contributed by atoms with Crippen molar-refractivity contribution in [3.8, 4) is 0 Å². The summed E-state index contributed by atoms with van der Waals surface area (Å²) in [6.07, 6.45) is 5.05. The Hall–Kier alpha value is -0.920. The average Bonchev–Trinajstić information content (AvgIpc) is 2.85. The highest BCUT2D eigenvalue weighted by Crippen LogP contribution is 2.24. The van der Waals surface area contributed by atoms with Crippen LogP contribution >= 0.6 is 0 Å². The number of sulfonamides is 1. The molecule has 1 N–H and O–H groups in total. The second kappa shape index (κ2) is 5.60. The predicted octanol–water partition coefficient (Wildman–Crippen LogP) is 0.429. The molecule has 7 heteroatoms. The maximum Gasteiger partial charge on any atom is 0.262 e. The van der Waals surface area contributed by atoms with Crippen molar-refractivity contribution in [3.63, 3.8) is 0 Å². The van der Waals surface area contributed by atoms with E-state index in [-0.39, 0.29) is 5.03 Å². The van der Waals surface area contributed by atoms with E-state index in [2.05, 4.69) is 17.2 Å². The van der Waals surface area contributed by atoms with E-state index in [9.17, 15) is 8.42 Å². The van der Waals surface area contributed by atoms with Crippen molar-refractivity contribution in [1.82, 2.24) is 19.2 Å². The molecule has 2 rings (SSSR count). The zero-order valence-electron chi connectivity index (χ0n) is 11.7. The van der Waals surface area contributed by atoms with Gasteiger partial charge in [0.2, 0.25) is 0 Å². The molecule has 1 aromatic heterocycles. The predicted molar refractivity (Wildman–Crippen MR) is 73.2 cm³/mol. The summed E-state index contributed by atoms with van der Waals surface area (Å²) >= 11 is 0. The maximum absolute atomic E-state index is 12.5. The van der Waals surface area contributed by atoms with Crippen LogP contribution in [0.5, 0.6) is 0 Å². The van der Waals surface area contributed by atoms with E-state index in [0.29, 0.717) is 25.0 Å². The molecule has 2 atom stereocenters. The zero-order valence-corrected chi connectivity index (χ0v) is 12.5. The van der Waals surface area contributed by atoms with Crippen LogP contribution in [0.2, 0.25) is 0 Å². The van der Waals surface area contributed by atoms with Crippen molar-refractivity contribution < 1.29 is 8.42 Å². The van der Waals surface area contributed by atoms with Gasteiger partial charge in [0.05, 0.1) is 6.33 Å². The molecular weight excluding hydrogens is 264 g/mol. The molecule has 0 saturated carbocycles. The summed E-state index contributed by atoms with van der Waals surface area (Å²) in [6.45, 7) is 3.26. The molecule has 1 fully saturated rings. The van der Waals surface area contributed by atoms with Gasteiger partial charge in [0.1, 0.15) is 0 Å². The van der Waals surface area contributed by atoms with Crippen LogP contribution in [-0.4, -0.2) is 48.5 Å². The second-order valence-corrected chi connectivity index (χ2v) is 7.10. The van der Waals surface area contributed by atoms with Gasteiger partial charge in [-0.2, -0.15) is 4.31 Å². The van der Waals surface area contributed by atoms with Crippen molar-refractivity contribution in [2.24, 2.45) is 13.0 Å². The average molecular weight is 286 g/mol. The summed E-state index contributed by atoms with van der Waals surface area (Å²) in [6, 6.07) is 0.321. The van der Waals surface area contributed by atoms with Gasteiger partial charge in [0, 0.05) is 32.4 Å². The molecule has 6 nitrogen and oxygen atoms in total. The van der Waals surface area contributed by atoms with Gasteiger partial charge < -0.3 is 9.88 Å². The van der Waals surface area contributed by atoms with Gasteiger partial charge in [0.15, 0.2) is 5.03 Å². The normalized spacial score (nSPS) is 23.4. The highest BCUT2D eigenvalue weighted by Gasteiger charge is 2.33. The molecule has 108 valence electrons. The minimum Gasteiger partial charge on any atom is -0.339 e. The van der Waals surface area contributed by atoms with Gasteiger partial charge in [0.25, 0.3) is 10.0 Å². The van der Waals surface area contributed by atoms with Gasteiger partial charge in [-0.15, -0.1) is 0 Å². The Kier molecular flexibility index (Phi) is 4.27. The summed E-state index contributed by atoms with van der Waals surface area (Å²) in [7, 11) is 0.243. The molecule has 19 heavy (non-hydrogen) atoms. The molecule has 0 amide bonds. The lowest BCUT2D eigenvalue weighted by atomic mass is 9.93. The molecule has 1 saturated heterocycles. The van der Waals surface area contributed by atoms with Crippen LogP contribution < -0.4 is 5.32 Å². The lowest BCUT2D eigenvalue weighted by Gasteiger charge is -2.34. The Morgan fingerprint density at radius 3 is 2.84 bits per heavy atom. The van der Waals surface area contributed by atoms with Crippen molar-refractivity contribution in [2.45, 2.75) is 30.8 Å². The lowest BCUT2D eigenvalue weighted by molar-refractivity contribution is 0.228. The molecule has 1 aliphatic heterocycles. The first kappa shape index (κ1) is 14.5. The van der Waals surface area contributed by atoms with Crippen LogP contribution in [0.15, 0.2) is 17.6 Å². The molecule has 0 radical (unpaired) electrons. The molecule has 0 aromatic carbocycles. The van der Waals surface area contributed by atoms with Crippen LogP contribution in [0.3, 0.4) is 0 Å². The Morgan fingerprint density at radius 1 is 1.53 bits per heavy atom. The molecular formula is C12H22N4O2S. The molecule has 1 aromatic rings. The minimum absolute atomic E-state index is 0.146. The smallest absolute Gasteiger partial charge is 0.262 e. The van der Waals surface area contributed by atoms with Crippen LogP contribution in [-0.2, 0) is 17.1 Å². The SMILES string of the molecule is CNC(C)C1CCCN(S(=O)(=O)c2cn(C)cn2)C1. The van der Waals surface area contributed by atoms with Crippen LogP contribution in [0.25, 0.3) is 0 Å². The third-order valence-corrected chi connectivity index (χ3v) is 5.62. The van der Waals surface area contributed by atoms with E-state index in [4.69, 9.17) is 0 Å². The number of piperidine rings is 1. The summed E-state index contributed by atoms with van der Waals surface area (Å²) < 4.78 is 28.2. The van der Waals surface area contributed by atoms with Gasteiger partial charge in [-0.1, -0.05) is 0 Å². The Bertz CT molecular complexity index is 526. The van der Waals surface area contributed by atoms with Gasteiger partial charge in [-0.25, -0.2) is 13.4 Å². The highest BCUT2D eigenvalue weighted by atomic mass is 32.2. The first-order chi connectivity index (χ1) is 8.95. The first-order valence-electron chi connectivity index (χ1n) is 6.60. The van der Waals surface area contributed by atoms with E-state index >= 15 is 0 Å². The van der Waals surface area contributed by atoms with Crippen LogP contribution in [0.1, 0.15) is 19.8 Å². The van der Waals surface area contributed by atoms with Crippen LogP contribution in [0.4, 0.5) is 0 Å². The van der Waals surface area contributed by atoms with Gasteiger partial charge in [-0.05, 0) is 32.7 Å². The van der Waals surface area contributed by atoms with E-state index < -0.39 is 10.0 Å². The van der Waals surface area contributed by atoms with Gasteiger partial charge >= 0.3 is 0 Å². The third kappa shape index (κ3) is 2.98. The highest BCUT2D eigenvalue weighted by molar-refractivity contribution is 7.89. The summed E-state index contributed by atoms with van der Waals surface area (Å²) in [5.41, 5.74) is 0. The molecule has 0 bridgehead atoms. The van der Waals surface area contributed by atoms with Crippen LogP contribution in [0, 0.1) is 5.92 Å². The van der Waals surface area contributed by atoms with E-state index in [1.54, 1.807) is 22.1 Å². The fraction of sp³-hybridized carbons (Fsp3) is 0.750. The fourth-order valence-corrected chi connectivity index (χ4v) is 3.99. The molecule has 2 unspecified atom stereocenters. The monoisotopic (exact) mass is 286 g/mol. The summed E-state index contributed by atoms with van der Waals surface area (Å²) in [5.74, 6) is 0.359. The second-order valence-electron chi connectivity index (χ2n) is 5.22. The first-order valence-corrected chi connectivity index (χ1v) is 8.04. The molecule has 0 aliphatic carbocycles. The Balaban J connectivity index is 2.17. The summed E-state index contributed by atoms with van der Waals surface area (Å²) in [4.78, 5) is 3.97. The topological polar surface area (TPSA) is 67.2 Å². The number of nitrogens with zero attached hydrogens (tertiary/aromatic N) is 3. The minimum atomic E-state index is -3.44. The quantitative estimate of drug-likeness (QED) is 0.871. The van der Waals surface area contributed by atoms with Gasteiger partial charge in [-0.3, -0.25) is 0 Å². The number of aryl methyl sites for hydroxylation is 1. The third-order valence-electron chi connectivity index (χ3n) is 3.87. The largest absolute Gasteiger partial charge is 0.339 e. The number of aromatic nitrogens is 2. The standard InChI is InChI=1S/C12H22N4O2S/c1-10(13-2)11-5-4-6-16(7-11)19(17,18)12-8-15(3)9-14-12/h8-11,13H,4-7H2,1-3H3. The molecule has 2 heterocycles. The maximum atomic E-state index is 12.5. The number of imidazole rings is 1. The number of hydrogen-bond acceptors (Lipinski definition) is 4. The Labute approximate surface area is 114 Å². The number of rotatable bonds is 4. The molecule has 1 aliphatic rings. The van der Waals surface area contributed by atoms with Crippen molar-refractivity contribution >= 4 is 10.0 Å². The lowest BCUT2D eigenvalue weighted by Crippen LogP contribution is -2.45. The number of nitrogens with one attached hydrogen (secondary N) is 1. The van der Waals surface area contributed by atoms with E-state index in [1.165, 1.54) is 6.33 Å². The van der Waals surface area contributed by atoms with Crippen molar-refractivity contribution in [1.29, 1.82) is 0 Å². The van der Waals surface area contributed by atoms with E-state index in [1.807, 2.05) is 7.05 Å². The molecule has 0 spiro atoms. The number of hydrogen-bond donors (Lipinski definition) is 1. The Morgan fingerprint density at radius 2 is 2.26 bits per heavy atom. The van der Waals surface area contributed by atoms with Crippen molar-refractivity contribution in [2.75, 3.05) is 20.1 Å². The zero-order chi connectivity index (χ0) is 14.0. The van der Waals surface area contributed by atoms with E-state index in [0.717, 1.165) is 12.8 Å².